The van der Waals surface area contributed by atoms with Gasteiger partial charge in [-0.2, -0.15) is 0 Å². The first-order valence-corrected chi connectivity index (χ1v) is 9.10. The van der Waals surface area contributed by atoms with Gasteiger partial charge >= 0.3 is 0 Å². The van der Waals surface area contributed by atoms with Crippen molar-refractivity contribution < 1.29 is 4.42 Å². The van der Waals surface area contributed by atoms with Gasteiger partial charge < -0.3 is 4.42 Å². The molecule has 1 atom stereocenters. The molecule has 0 bridgehead atoms. The molecule has 0 aromatic carbocycles. The number of thioether (sulfide) groups is 1. The summed E-state index contributed by atoms with van der Waals surface area (Å²) in [5, 5.41) is 2.53. The molecule has 7 heteroatoms. The number of thiophene rings is 1. The molecule has 0 fully saturated rings. The van der Waals surface area contributed by atoms with Gasteiger partial charge in [-0.05, 0) is 18.4 Å². The Balaban J connectivity index is 1.91. The van der Waals surface area contributed by atoms with Crippen molar-refractivity contribution in [2.45, 2.75) is 43.5 Å². The quantitative estimate of drug-likeness (QED) is 0.525. The molecular weight excluding hydrogens is 330 g/mol. The highest BCUT2D eigenvalue weighted by Gasteiger charge is 2.23. The predicted octanol–water partition coefficient (Wildman–Crippen LogP) is 4.13. The first-order valence-electron chi connectivity index (χ1n) is 7.34. The third kappa shape index (κ3) is 3.07. The summed E-state index contributed by atoms with van der Waals surface area (Å²) < 4.78 is 8.16. The number of nitrogens with zero attached hydrogens (tertiary/aromatic N) is 3. The monoisotopic (exact) mass is 349 g/mol. The number of oxazole rings is 1. The Bertz CT molecular complexity index is 902. The molecule has 0 amide bonds. The Morgan fingerprint density at radius 3 is 2.78 bits per heavy atom. The van der Waals surface area contributed by atoms with Crippen LogP contribution in [0.25, 0.3) is 10.2 Å². The summed E-state index contributed by atoms with van der Waals surface area (Å²) in [5.74, 6) is 1.51. The van der Waals surface area contributed by atoms with Crippen LogP contribution in [0.2, 0.25) is 0 Å². The lowest BCUT2D eigenvalue weighted by Gasteiger charge is -2.14. The van der Waals surface area contributed by atoms with Gasteiger partial charge in [0.15, 0.2) is 5.16 Å². The lowest BCUT2D eigenvalue weighted by Crippen LogP contribution is -2.19. The van der Waals surface area contributed by atoms with E-state index in [1.807, 2.05) is 18.4 Å². The van der Waals surface area contributed by atoms with Gasteiger partial charge in [-0.15, -0.1) is 11.3 Å². The van der Waals surface area contributed by atoms with Gasteiger partial charge in [0.1, 0.15) is 10.5 Å². The second kappa shape index (κ2) is 5.79. The lowest BCUT2D eigenvalue weighted by molar-refractivity contribution is 0.383. The average molecular weight is 349 g/mol. The van der Waals surface area contributed by atoms with Gasteiger partial charge in [-0.25, -0.2) is 9.97 Å². The normalized spacial score (nSPS) is 13.6. The van der Waals surface area contributed by atoms with Crippen molar-refractivity contribution in [2.24, 2.45) is 7.05 Å². The standard InChI is InChI=1S/C16H19N3O2S2/c1-9(13-17-8-11(21-13)16(2,3)4)23-15-18-10-6-7-22-12(10)14(20)19(15)5/h6-9H,1-5H3/t9-/m1/s1. The maximum atomic E-state index is 12.3. The summed E-state index contributed by atoms with van der Waals surface area (Å²) >= 11 is 2.90. The van der Waals surface area contributed by atoms with Crippen molar-refractivity contribution in [3.63, 3.8) is 0 Å². The molecule has 5 nitrogen and oxygen atoms in total. The third-order valence-corrected chi connectivity index (χ3v) is 5.56. The van der Waals surface area contributed by atoms with Crippen LogP contribution in [-0.2, 0) is 12.5 Å². The summed E-state index contributed by atoms with van der Waals surface area (Å²) in [5.41, 5.74) is 0.661. The zero-order valence-corrected chi connectivity index (χ0v) is 15.4. The summed E-state index contributed by atoms with van der Waals surface area (Å²) in [6.07, 6.45) is 1.78. The number of hydrogen-bond acceptors (Lipinski definition) is 6. The van der Waals surface area contributed by atoms with E-state index >= 15 is 0 Å². The summed E-state index contributed by atoms with van der Waals surface area (Å²) in [7, 11) is 1.75. The van der Waals surface area contributed by atoms with E-state index in [4.69, 9.17) is 4.42 Å². The van der Waals surface area contributed by atoms with Crippen LogP contribution in [0, 0.1) is 0 Å². The second-order valence-corrected chi connectivity index (χ2v) is 8.69. The Morgan fingerprint density at radius 2 is 2.13 bits per heavy atom. The minimum Gasteiger partial charge on any atom is -0.444 e. The minimum absolute atomic E-state index is 0.0116. The lowest BCUT2D eigenvalue weighted by atomic mass is 9.94. The van der Waals surface area contributed by atoms with Gasteiger partial charge in [0, 0.05) is 12.5 Å². The fourth-order valence-corrected chi connectivity index (χ4v) is 3.83. The molecule has 0 unspecified atom stereocenters. The summed E-state index contributed by atoms with van der Waals surface area (Å²) in [6.45, 7) is 8.27. The molecule has 3 rings (SSSR count). The number of fused-ring (bicyclic) bond motifs is 1. The number of rotatable bonds is 3. The highest BCUT2D eigenvalue weighted by molar-refractivity contribution is 7.99. The van der Waals surface area contributed by atoms with E-state index in [2.05, 4.69) is 30.7 Å². The maximum absolute atomic E-state index is 12.3. The van der Waals surface area contributed by atoms with Crippen molar-refractivity contribution in [1.82, 2.24) is 14.5 Å². The Labute approximate surface area is 142 Å². The second-order valence-electron chi connectivity index (χ2n) is 6.47. The third-order valence-electron chi connectivity index (χ3n) is 3.54. The molecule has 122 valence electrons. The van der Waals surface area contributed by atoms with Gasteiger partial charge in [0.2, 0.25) is 5.89 Å². The van der Waals surface area contributed by atoms with Gasteiger partial charge in [0.25, 0.3) is 5.56 Å². The van der Waals surface area contributed by atoms with Crippen LogP contribution in [0.15, 0.2) is 32.0 Å². The summed E-state index contributed by atoms with van der Waals surface area (Å²) in [6, 6.07) is 1.87. The van der Waals surface area contributed by atoms with Gasteiger partial charge in [-0.3, -0.25) is 9.36 Å². The fraction of sp³-hybridized carbons (Fsp3) is 0.438. The number of hydrogen-bond donors (Lipinski definition) is 0. The highest BCUT2D eigenvalue weighted by Crippen LogP contribution is 2.35. The first kappa shape index (κ1) is 16.3. The Morgan fingerprint density at radius 1 is 1.39 bits per heavy atom. The molecule has 0 aliphatic carbocycles. The molecule has 0 radical (unpaired) electrons. The number of aromatic nitrogens is 3. The van der Waals surface area contributed by atoms with Crippen LogP contribution in [-0.4, -0.2) is 14.5 Å². The van der Waals surface area contributed by atoms with Crippen molar-refractivity contribution in [1.29, 1.82) is 0 Å². The van der Waals surface area contributed by atoms with Crippen LogP contribution in [0.5, 0.6) is 0 Å². The van der Waals surface area contributed by atoms with Crippen LogP contribution >= 0.6 is 23.1 Å². The van der Waals surface area contributed by atoms with Crippen LogP contribution in [0.1, 0.15) is 44.6 Å². The smallest absolute Gasteiger partial charge is 0.271 e. The molecule has 0 spiro atoms. The molecule has 3 heterocycles. The van der Waals surface area contributed by atoms with Crippen LogP contribution in [0.3, 0.4) is 0 Å². The van der Waals surface area contributed by atoms with Gasteiger partial charge in [0.05, 0.1) is 17.0 Å². The van der Waals surface area contributed by atoms with E-state index in [1.165, 1.54) is 23.1 Å². The van der Waals surface area contributed by atoms with Crippen molar-refractivity contribution in [3.8, 4) is 0 Å². The zero-order chi connectivity index (χ0) is 16.8. The molecule has 3 aromatic rings. The van der Waals surface area contributed by atoms with E-state index in [0.717, 1.165) is 11.3 Å². The molecule has 0 saturated carbocycles. The molecule has 23 heavy (non-hydrogen) atoms. The van der Waals surface area contributed by atoms with Gasteiger partial charge in [-0.1, -0.05) is 32.5 Å². The van der Waals surface area contributed by atoms with Crippen LogP contribution < -0.4 is 5.56 Å². The molecule has 3 aromatic heterocycles. The molecule has 0 N–H and O–H groups in total. The van der Waals surface area contributed by atoms with E-state index in [-0.39, 0.29) is 16.2 Å². The molecular formula is C16H19N3O2S2. The fourth-order valence-electron chi connectivity index (χ4n) is 2.10. The highest BCUT2D eigenvalue weighted by atomic mass is 32.2. The van der Waals surface area contributed by atoms with E-state index in [0.29, 0.717) is 15.7 Å². The van der Waals surface area contributed by atoms with Crippen molar-refractivity contribution in [3.05, 3.63) is 39.6 Å². The van der Waals surface area contributed by atoms with Crippen LogP contribution in [0.4, 0.5) is 0 Å². The van der Waals surface area contributed by atoms with Crippen molar-refractivity contribution >= 4 is 33.3 Å². The topological polar surface area (TPSA) is 60.9 Å². The van der Waals surface area contributed by atoms with E-state index < -0.39 is 0 Å². The Kier molecular flexibility index (Phi) is 4.10. The molecule has 0 saturated heterocycles. The molecule has 0 aliphatic heterocycles. The van der Waals surface area contributed by atoms with E-state index in [1.54, 1.807) is 17.8 Å². The maximum Gasteiger partial charge on any atom is 0.271 e. The largest absolute Gasteiger partial charge is 0.444 e. The first-order chi connectivity index (χ1) is 10.8. The zero-order valence-electron chi connectivity index (χ0n) is 13.8. The van der Waals surface area contributed by atoms with Crippen molar-refractivity contribution in [2.75, 3.05) is 0 Å². The predicted molar refractivity (Wildman–Crippen MR) is 94.3 cm³/mol. The SMILES string of the molecule is C[C@@H](Sc1nc2ccsc2c(=O)n1C)c1ncc(C(C)(C)C)o1. The average Bonchev–Trinajstić information content (AvgIpc) is 3.12. The summed E-state index contributed by atoms with van der Waals surface area (Å²) in [4.78, 5) is 21.3. The Hall–Kier alpha value is -1.60. The minimum atomic E-state index is -0.0731. The molecule has 0 aliphatic rings. The van der Waals surface area contributed by atoms with E-state index in [9.17, 15) is 4.79 Å².